The molecule has 0 heterocycles. The number of benzene rings is 2. The molecule has 4 aliphatic carbocycles. The average Bonchev–Trinajstić information content (AvgIpc) is 2.62. The summed E-state index contributed by atoms with van der Waals surface area (Å²) in [4.78, 5) is 4.58. The van der Waals surface area contributed by atoms with Gasteiger partial charge in [0.25, 0.3) is 0 Å². The molecule has 4 bridgehead atoms. The molecule has 4 aliphatic rings. The summed E-state index contributed by atoms with van der Waals surface area (Å²) in [5.74, 6) is 3.10. The third kappa shape index (κ3) is 3.49. The molecule has 0 spiro atoms. The Morgan fingerprint density at radius 1 is 0.963 bits per heavy atom. The third-order valence-corrected chi connectivity index (χ3v) is 7.00. The molecular weight excluding hydrogens is 409 g/mol. The summed E-state index contributed by atoms with van der Waals surface area (Å²) in [7, 11) is 0. The van der Waals surface area contributed by atoms with Crippen molar-refractivity contribution >= 4 is 11.9 Å². The molecule has 0 unspecified atom stereocenters. The van der Waals surface area contributed by atoms with Crippen molar-refractivity contribution in [3.63, 3.8) is 0 Å². The second-order valence-electron chi connectivity index (χ2n) is 9.04. The third-order valence-electron chi connectivity index (χ3n) is 7.00. The van der Waals surface area contributed by atoms with Gasteiger partial charge >= 0.3 is 0 Å². The average molecular weight is 437 g/mol. The minimum atomic E-state index is 0. The van der Waals surface area contributed by atoms with E-state index in [0.29, 0.717) is 5.75 Å². The molecule has 1 N–H and O–H groups in total. The van der Waals surface area contributed by atoms with E-state index in [1.165, 1.54) is 49.7 Å². The van der Waals surface area contributed by atoms with Crippen LogP contribution in [0.2, 0.25) is 0 Å². The van der Waals surface area contributed by atoms with Gasteiger partial charge in [0.05, 0.1) is 5.69 Å². The van der Waals surface area contributed by atoms with Gasteiger partial charge in [-0.15, -0.1) is 0 Å². The van der Waals surface area contributed by atoms with Crippen molar-refractivity contribution in [1.82, 2.24) is 0 Å². The second-order valence-corrected chi connectivity index (χ2v) is 9.04. The zero-order valence-corrected chi connectivity index (χ0v) is 18.4. The van der Waals surface area contributed by atoms with Crippen molar-refractivity contribution in [2.45, 2.75) is 50.9 Å². The molecule has 0 aliphatic heterocycles. The Kier molecular flexibility index (Phi) is 5.18. The summed E-state index contributed by atoms with van der Waals surface area (Å²) in [6.07, 6.45) is 9.92. The molecular formula is C24H27NOZr. The van der Waals surface area contributed by atoms with Gasteiger partial charge in [0.15, 0.2) is 0 Å². The molecule has 2 nitrogen and oxygen atoms in total. The van der Waals surface area contributed by atoms with E-state index in [9.17, 15) is 5.11 Å². The molecule has 2 aromatic rings. The van der Waals surface area contributed by atoms with E-state index in [1.807, 2.05) is 36.5 Å². The number of nitrogens with zero attached hydrogens (tertiary/aromatic N) is 1. The van der Waals surface area contributed by atoms with Crippen LogP contribution in [0.3, 0.4) is 0 Å². The molecule has 6 rings (SSSR count). The van der Waals surface area contributed by atoms with Crippen molar-refractivity contribution in [2.24, 2.45) is 22.7 Å². The number of para-hydroxylation sites is 1. The zero-order valence-electron chi connectivity index (χ0n) is 16.0. The van der Waals surface area contributed by atoms with E-state index < -0.39 is 0 Å². The number of hydrogen-bond acceptors (Lipinski definition) is 2. The van der Waals surface area contributed by atoms with Gasteiger partial charge in [0.2, 0.25) is 0 Å². The van der Waals surface area contributed by atoms with E-state index in [-0.39, 0.29) is 31.6 Å². The quantitative estimate of drug-likeness (QED) is 0.596. The van der Waals surface area contributed by atoms with Crippen LogP contribution in [0.1, 0.15) is 55.2 Å². The number of phenols is 1. The van der Waals surface area contributed by atoms with Crippen LogP contribution in [0.5, 0.6) is 5.75 Å². The standard InChI is InChI=1S/C24H27NO.Zr/c1-16-7-20(15-25-21-5-3-2-4-6-21)23(26)22(8-16)24-12-17-9-18(13-24)11-19(10-17)14-24;/h2-8,15,17-19,26H,9-14H2,1H3;. The minimum Gasteiger partial charge on any atom is -0.507 e. The van der Waals surface area contributed by atoms with Crippen LogP contribution >= 0.6 is 0 Å². The van der Waals surface area contributed by atoms with Crippen molar-refractivity contribution < 1.29 is 31.3 Å². The molecule has 0 saturated heterocycles. The SMILES string of the molecule is Cc1cc(C=Nc2ccccc2)c(O)c(C23CC4CC(CC(C4)C2)C3)c1.[Zr]. The molecule has 2 aromatic carbocycles. The van der Waals surface area contributed by atoms with Gasteiger partial charge in [-0.25, -0.2) is 0 Å². The Morgan fingerprint density at radius 3 is 2.15 bits per heavy atom. The first-order chi connectivity index (χ1) is 12.6. The van der Waals surface area contributed by atoms with Crippen LogP contribution in [0.25, 0.3) is 0 Å². The van der Waals surface area contributed by atoms with Crippen molar-refractivity contribution in [3.8, 4) is 5.75 Å². The molecule has 0 aromatic heterocycles. The van der Waals surface area contributed by atoms with Crippen LogP contribution < -0.4 is 0 Å². The number of hydrogen-bond donors (Lipinski definition) is 1. The Bertz CT molecular complexity index is 823. The van der Waals surface area contributed by atoms with Crippen LogP contribution in [-0.4, -0.2) is 11.3 Å². The first-order valence-electron chi connectivity index (χ1n) is 10.0. The number of aromatic hydroxyl groups is 1. The number of phenolic OH excluding ortho intramolecular Hbond substituents is 1. The predicted molar refractivity (Wildman–Crippen MR) is 106 cm³/mol. The molecule has 4 fully saturated rings. The Morgan fingerprint density at radius 2 is 1.56 bits per heavy atom. The van der Waals surface area contributed by atoms with Crippen LogP contribution in [0, 0.1) is 24.7 Å². The molecule has 0 amide bonds. The monoisotopic (exact) mass is 435 g/mol. The molecule has 27 heavy (non-hydrogen) atoms. The fourth-order valence-corrected chi connectivity index (χ4v) is 6.41. The molecule has 138 valence electrons. The second kappa shape index (κ2) is 7.32. The maximum Gasteiger partial charge on any atom is 0.128 e. The summed E-state index contributed by atoms with van der Waals surface area (Å²) >= 11 is 0. The van der Waals surface area contributed by atoms with Crippen LogP contribution in [0.15, 0.2) is 47.5 Å². The van der Waals surface area contributed by atoms with Crippen molar-refractivity contribution in [2.75, 3.05) is 0 Å². The van der Waals surface area contributed by atoms with Gasteiger partial charge in [-0.05, 0) is 92.4 Å². The first kappa shape index (κ1) is 19.1. The number of aliphatic imine (C=N–C) groups is 1. The Labute approximate surface area is 181 Å². The van der Waals surface area contributed by atoms with Crippen molar-refractivity contribution in [1.29, 1.82) is 0 Å². The Hall–Kier alpha value is -1.21. The summed E-state index contributed by atoms with van der Waals surface area (Å²) in [6, 6.07) is 14.3. The molecule has 0 radical (unpaired) electrons. The van der Waals surface area contributed by atoms with Gasteiger partial charge in [-0.3, -0.25) is 4.99 Å². The van der Waals surface area contributed by atoms with E-state index in [0.717, 1.165) is 29.0 Å². The van der Waals surface area contributed by atoms with E-state index >= 15 is 0 Å². The minimum absolute atomic E-state index is 0. The Balaban J connectivity index is 0.00000180. The maximum absolute atomic E-state index is 11.2. The number of aryl methyl sites for hydroxylation is 1. The van der Waals surface area contributed by atoms with Crippen molar-refractivity contribution in [3.05, 3.63) is 59.2 Å². The normalized spacial score (nSPS) is 31.2. The predicted octanol–water partition coefficient (Wildman–Crippen LogP) is 5.92. The fourth-order valence-electron chi connectivity index (χ4n) is 6.41. The van der Waals surface area contributed by atoms with E-state index in [4.69, 9.17) is 0 Å². The topological polar surface area (TPSA) is 32.6 Å². The van der Waals surface area contributed by atoms with Gasteiger partial charge in [-0.2, -0.15) is 0 Å². The van der Waals surface area contributed by atoms with E-state index in [1.54, 1.807) is 0 Å². The maximum atomic E-state index is 11.2. The van der Waals surface area contributed by atoms with Gasteiger partial charge in [0.1, 0.15) is 5.75 Å². The molecule has 3 heteroatoms. The molecule has 0 atom stereocenters. The first-order valence-corrected chi connectivity index (χ1v) is 10.0. The van der Waals surface area contributed by atoms with E-state index in [2.05, 4.69) is 24.0 Å². The van der Waals surface area contributed by atoms with Gasteiger partial charge in [-0.1, -0.05) is 24.3 Å². The van der Waals surface area contributed by atoms with Gasteiger partial charge < -0.3 is 5.11 Å². The molecule has 4 saturated carbocycles. The zero-order chi connectivity index (χ0) is 17.7. The van der Waals surface area contributed by atoms with Crippen LogP contribution in [0.4, 0.5) is 5.69 Å². The van der Waals surface area contributed by atoms with Crippen LogP contribution in [-0.2, 0) is 31.6 Å². The smallest absolute Gasteiger partial charge is 0.128 e. The van der Waals surface area contributed by atoms with Gasteiger partial charge in [0, 0.05) is 43.5 Å². The number of rotatable bonds is 3. The fraction of sp³-hybridized carbons (Fsp3) is 0.458. The summed E-state index contributed by atoms with van der Waals surface area (Å²) in [5.41, 5.74) is 4.42. The largest absolute Gasteiger partial charge is 0.507 e. The summed E-state index contributed by atoms with van der Waals surface area (Å²) in [6.45, 7) is 2.14. The summed E-state index contributed by atoms with van der Waals surface area (Å²) < 4.78 is 0. The summed E-state index contributed by atoms with van der Waals surface area (Å²) in [5, 5.41) is 11.2.